The Morgan fingerprint density at radius 1 is 1.35 bits per heavy atom. The lowest BCUT2D eigenvalue weighted by molar-refractivity contribution is -0.0145. The van der Waals surface area contributed by atoms with E-state index in [1.807, 2.05) is 0 Å². The van der Waals surface area contributed by atoms with Crippen LogP contribution in [-0.2, 0) is 0 Å². The number of anilines is 1. The zero-order valence-corrected chi connectivity index (χ0v) is 12.0. The Morgan fingerprint density at radius 3 is 2.60 bits per heavy atom. The molecule has 5 nitrogen and oxygen atoms in total. The van der Waals surface area contributed by atoms with E-state index in [9.17, 15) is 9.90 Å². The molecule has 2 rings (SSSR count). The van der Waals surface area contributed by atoms with E-state index in [0.717, 1.165) is 25.7 Å². The molecule has 3 N–H and O–H groups in total. The number of aromatic nitrogens is 1. The van der Waals surface area contributed by atoms with E-state index in [4.69, 9.17) is 5.11 Å². The second-order valence-electron chi connectivity index (χ2n) is 6.48. The molecule has 0 radical (unpaired) electrons. The van der Waals surface area contributed by atoms with Gasteiger partial charge in [0.2, 0.25) is 0 Å². The lowest BCUT2D eigenvalue weighted by atomic mass is 9.71. The molecule has 5 heteroatoms. The standard InChI is InChI=1S/C15H22N2O3/c1-14(2)4-6-15(20,7-5-14)10-17-12-9-11(13(18)19)3-8-16-12/h3,8-9,20H,4-7,10H2,1-2H3,(H,16,17)(H,18,19). The largest absolute Gasteiger partial charge is 0.478 e. The van der Waals surface area contributed by atoms with Crippen LogP contribution >= 0.6 is 0 Å². The van der Waals surface area contributed by atoms with Crippen molar-refractivity contribution in [2.45, 2.75) is 45.1 Å². The summed E-state index contributed by atoms with van der Waals surface area (Å²) in [6.45, 7) is 4.84. The summed E-state index contributed by atoms with van der Waals surface area (Å²) in [5.74, 6) is -0.489. The Hall–Kier alpha value is -1.62. The molecule has 1 aliphatic carbocycles. The van der Waals surface area contributed by atoms with E-state index < -0.39 is 11.6 Å². The molecule has 1 heterocycles. The second kappa shape index (κ2) is 5.40. The van der Waals surface area contributed by atoms with Crippen LogP contribution in [0.2, 0.25) is 0 Å². The zero-order valence-electron chi connectivity index (χ0n) is 12.0. The van der Waals surface area contributed by atoms with Gasteiger partial charge in [0.25, 0.3) is 0 Å². The van der Waals surface area contributed by atoms with Crippen molar-refractivity contribution in [1.82, 2.24) is 4.98 Å². The van der Waals surface area contributed by atoms with Gasteiger partial charge in [-0.1, -0.05) is 13.8 Å². The Balaban J connectivity index is 1.95. The zero-order chi connectivity index (χ0) is 14.8. The van der Waals surface area contributed by atoms with Crippen molar-refractivity contribution in [3.05, 3.63) is 23.9 Å². The number of carboxylic acids is 1. The van der Waals surface area contributed by atoms with Gasteiger partial charge in [-0.2, -0.15) is 0 Å². The van der Waals surface area contributed by atoms with Gasteiger partial charge in [0.15, 0.2) is 0 Å². The van der Waals surface area contributed by atoms with Crippen molar-refractivity contribution in [1.29, 1.82) is 0 Å². The molecule has 0 bridgehead atoms. The van der Waals surface area contributed by atoms with Crippen LogP contribution in [0.15, 0.2) is 18.3 Å². The highest BCUT2D eigenvalue weighted by molar-refractivity contribution is 5.88. The maximum Gasteiger partial charge on any atom is 0.335 e. The maximum absolute atomic E-state index is 10.9. The van der Waals surface area contributed by atoms with Crippen LogP contribution in [-0.4, -0.2) is 33.3 Å². The first-order valence-corrected chi connectivity index (χ1v) is 6.95. The number of carbonyl (C=O) groups is 1. The maximum atomic E-state index is 10.9. The third kappa shape index (κ3) is 3.70. The highest BCUT2D eigenvalue weighted by atomic mass is 16.4. The molecule has 110 valence electrons. The summed E-state index contributed by atoms with van der Waals surface area (Å²) in [5, 5.41) is 22.5. The number of hydrogen-bond donors (Lipinski definition) is 3. The molecule has 0 aliphatic heterocycles. The van der Waals surface area contributed by atoms with Gasteiger partial charge in [0, 0.05) is 12.7 Å². The monoisotopic (exact) mass is 278 g/mol. The minimum Gasteiger partial charge on any atom is -0.478 e. The highest BCUT2D eigenvalue weighted by Gasteiger charge is 2.36. The molecule has 0 saturated heterocycles. The first-order chi connectivity index (χ1) is 9.30. The number of carboxylic acid groups (broad SMARTS) is 1. The van der Waals surface area contributed by atoms with Crippen molar-refractivity contribution < 1.29 is 15.0 Å². The molecule has 0 unspecified atom stereocenters. The average Bonchev–Trinajstić information content (AvgIpc) is 2.41. The van der Waals surface area contributed by atoms with Crippen molar-refractivity contribution in [3.63, 3.8) is 0 Å². The molecule has 0 atom stereocenters. The predicted molar refractivity (Wildman–Crippen MR) is 76.9 cm³/mol. The lowest BCUT2D eigenvalue weighted by Gasteiger charge is -2.40. The third-order valence-electron chi connectivity index (χ3n) is 4.14. The van der Waals surface area contributed by atoms with Crippen molar-refractivity contribution in [3.8, 4) is 0 Å². The fourth-order valence-corrected chi connectivity index (χ4v) is 2.48. The van der Waals surface area contributed by atoms with Crippen LogP contribution in [0.4, 0.5) is 5.82 Å². The molecule has 0 spiro atoms. The van der Waals surface area contributed by atoms with E-state index in [1.54, 1.807) is 0 Å². The molecule has 1 aromatic rings. The van der Waals surface area contributed by atoms with Crippen molar-refractivity contribution in [2.24, 2.45) is 5.41 Å². The second-order valence-corrected chi connectivity index (χ2v) is 6.48. The SMILES string of the molecule is CC1(C)CCC(O)(CNc2cc(C(=O)O)ccn2)CC1. The quantitative estimate of drug-likeness (QED) is 0.788. The molecule has 0 amide bonds. The van der Waals surface area contributed by atoms with Crippen LogP contribution in [0.3, 0.4) is 0 Å². The van der Waals surface area contributed by atoms with Gasteiger partial charge in [-0.3, -0.25) is 0 Å². The average molecular weight is 278 g/mol. The predicted octanol–water partition coefficient (Wildman–Crippen LogP) is 2.52. The topological polar surface area (TPSA) is 82.5 Å². The number of nitrogens with one attached hydrogen (secondary N) is 1. The van der Waals surface area contributed by atoms with Crippen LogP contribution in [0.1, 0.15) is 49.9 Å². The van der Waals surface area contributed by atoms with E-state index in [-0.39, 0.29) is 5.56 Å². The summed E-state index contributed by atoms with van der Waals surface area (Å²) in [4.78, 5) is 15.0. The van der Waals surface area contributed by atoms with Crippen LogP contribution < -0.4 is 5.32 Å². The normalized spacial score (nSPS) is 20.4. The highest BCUT2D eigenvalue weighted by Crippen LogP contribution is 2.40. The van der Waals surface area contributed by atoms with Gasteiger partial charge >= 0.3 is 5.97 Å². The molecule has 1 fully saturated rings. The first-order valence-electron chi connectivity index (χ1n) is 6.95. The van der Waals surface area contributed by atoms with Gasteiger partial charge in [-0.25, -0.2) is 9.78 Å². The Kier molecular flexibility index (Phi) is 3.99. The van der Waals surface area contributed by atoms with Gasteiger partial charge in [-0.05, 0) is 43.2 Å². The fraction of sp³-hybridized carbons (Fsp3) is 0.600. The number of hydrogen-bond acceptors (Lipinski definition) is 4. The minimum absolute atomic E-state index is 0.194. The lowest BCUT2D eigenvalue weighted by Crippen LogP contribution is -2.42. The molecule has 20 heavy (non-hydrogen) atoms. The van der Waals surface area contributed by atoms with Crippen molar-refractivity contribution >= 4 is 11.8 Å². The number of pyridine rings is 1. The summed E-state index contributed by atoms with van der Waals surface area (Å²) < 4.78 is 0. The first kappa shape index (κ1) is 14.8. The van der Waals surface area contributed by atoms with Gasteiger partial charge < -0.3 is 15.5 Å². The van der Waals surface area contributed by atoms with Crippen LogP contribution in [0.25, 0.3) is 0 Å². The van der Waals surface area contributed by atoms with E-state index in [2.05, 4.69) is 24.1 Å². The summed E-state index contributed by atoms with van der Waals surface area (Å²) in [6.07, 6.45) is 4.96. The van der Waals surface area contributed by atoms with Gasteiger partial charge in [0.05, 0.1) is 11.2 Å². The number of aliphatic hydroxyl groups is 1. The fourth-order valence-electron chi connectivity index (χ4n) is 2.48. The minimum atomic E-state index is -0.978. The Morgan fingerprint density at radius 2 is 2.00 bits per heavy atom. The number of aromatic carboxylic acids is 1. The molecule has 1 aliphatic rings. The Bertz CT molecular complexity index is 490. The van der Waals surface area contributed by atoms with Crippen LogP contribution in [0, 0.1) is 5.41 Å². The molecule has 1 saturated carbocycles. The summed E-state index contributed by atoms with van der Waals surface area (Å²) in [7, 11) is 0. The molecule has 0 aromatic carbocycles. The molecule has 1 aromatic heterocycles. The van der Waals surface area contributed by atoms with E-state index in [0.29, 0.717) is 17.8 Å². The summed E-state index contributed by atoms with van der Waals surface area (Å²) in [5.41, 5.74) is -0.233. The van der Waals surface area contributed by atoms with E-state index >= 15 is 0 Å². The molecular weight excluding hydrogens is 256 g/mol. The van der Waals surface area contributed by atoms with Crippen LogP contribution in [0.5, 0.6) is 0 Å². The van der Waals surface area contributed by atoms with Gasteiger partial charge in [0.1, 0.15) is 5.82 Å². The Labute approximate surface area is 119 Å². The van der Waals surface area contributed by atoms with Crippen molar-refractivity contribution in [2.75, 3.05) is 11.9 Å². The molecular formula is C15H22N2O3. The summed E-state index contributed by atoms with van der Waals surface area (Å²) in [6, 6.07) is 2.93. The third-order valence-corrected chi connectivity index (χ3v) is 4.14. The van der Waals surface area contributed by atoms with E-state index in [1.165, 1.54) is 18.3 Å². The smallest absolute Gasteiger partial charge is 0.335 e. The summed E-state index contributed by atoms with van der Waals surface area (Å²) >= 11 is 0. The number of rotatable bonds is 4. The van der Waals surface area contributed by atoms with Gasteiger partial charge in [-0.15, -0.1) is 0 Å². The number of nitrogens with zero attached hydrogens (tertiary/aromatic N) is 1.